The Morgan fingerprint density at radius 2 is 1.82 bits per heavy atom. The summed E-state index contributed by atoms with van der Waals surface area (Å²) >= 11 is 0. The van der Waals surface area contributed by atoms with Crippen LogP contribution in [0.1, 0.15) is 21.6 Å². The molecule has 0 bridgehead atoms. The van der Waals surface area contributed by atoms with Crippen molar-refractivity contribution in [1.82, 2.24) is 14.9 Å². The summed E-state index contributed by atoms with van der Waals surface area (Å²) in [4.78, 5) is 38.8. The van der Waals surface area contributed by atoms with Crippen molar-refractivity contribution in [3.05, 3.63) is 47.4 Å². The van der Waals surface area contributed by atoms with Gasteiger partial charge in [-0.3, -0.25) is 9.69 Å². The molecule has 2 aromatic heterocycles. The molecule has 0 aromatic carbocycles. The van der Waals surface area contributed by atoms with Crippen LogP contribution in [0.4, 0.5) is 16.3 Å². The van der Waals surface area contributed by atoms with Crippen molar-refractivity contribution in [1.29, 1.82) is 0 Å². The van der Waals surface area contributed by atoms with Gasteiger partial charge in [0.1, 0.15) is 18.1 Å². The van der Waals surface area contributed by atoms with Gasteiger partial charge < -0.3 is 14.5 Å². The molecule has 8 heteroatoms. The number of aryl methyl sites for hydroxylation is 2. The Hall–Kier alpha value is -3.16. The van der Waals surface area contributed by atoms with Crippen molar-refractivity contribution >= 4 is 23.5 Å². The van der Waals surface area contributed by atoms with Crippen LogP contribution in [0.5, 0.6) is 0 Å². The Balaban J connectivity index is 1.39. The van der Waals surface area contributed by atoms with Gasteiger partial charge in [0.15, 0.2) is 0 Å². The standard InChI is InChI=1S/C20H23N5O3/c1-14-11-15(2)18(22-12-14)23-5-7-24(8-6-23)19(26)17-4-3-16(13-21-17)25-9-10-28-20(25)27/h3-4,11-13H,5-10H2,1-2H3. The van der Waals surface area contributed by atoms with Crippen LogP contribution in [-0.4, -0.2) is 66.2 Å². The number of amides is 2. The van der Waals surface area contributed by atoms with Gasteiger partial charge in [-0.05, 0) is 37.1 Å². The fourth-order valence-electron chi connectivity index (χ4n) is 3.62. The molecule has 2 saturated heterocycles. The smallest absolute Gasteiger partial charge is 0.414 e. The predicted molar refractivity (Wildman–Crippen MR) is 105 cm³/mol. The molecule has 0 N–H and O–H groups in total. The molecule has 0 atom stereocenters. The van der Waals surface area contributed by atoms with Gasteiger partial charge in [-0.1, -0.05) is 6.07 Å². The van der Waals surface area contributed by atoms with E-state index in [-0.39, 0.29) is 12.0 Å². The van der Waals surface area contributed by atoms with E-state index in [4.69, 9.17) is 4.74 Å². The topological polar surface area (TPSA) is 78.9 Å². The number of pyridine rings is 2. The lowest BCUT2D eigenvalue weighted by molar-refractivity contribution is 0.0740. The summed E-state index contributed by atoms with van der Waals surface area (Å²) in [5.41, 5.74) is 3.32. The predicted octanol–water partition coefficient (Wildman–Crippen LogP) is 2.01. The van der Waals surface area contributed by atoms with E-state index in [2.05, 4.69) is 27.9 Å². The number of hydrogen-bond donors (Lipinski definition) is 0. The first-order valence-electron chi connectivity index (χ1n) is 9.41. The second kappa shape index (κ2) is 7.46. The molecular formula is C20H23N5O3. The third kappa shape index (κ3) is 3.49. The Morgan fingerprint density at radius 3 is 2.43 bits per heavy atom. The summed E-state index contributed by atoms with van der Waals surface area (Å²) in [6.45, 7) is 7.69. The van der Waals surface area contributed by atoms with Crippen LogP contribution in [0.15, 0.2) is 30.6 Å². The number of carbonyl (C=O) groups excluding carboxylic acids is 2. The SMILES string of the molecule is Cc1cnc(N2CCN(C(=O)c3ccc(N4CCOC4=O)cn3)CC2)c(C)c1. The molecule has 0 unspecified atom stereocenters. The van der Waals surface area contributed by atoms with Crippen LogP contribution < -0.4 is 9.80 Å². The van der Waals surface area contributed by atoms with Gasteiger partial charge in [-0.15, -0.1) is 0 Å². The summed E-state index contributed by atoms with van der Waals surface area (Å²) < 4.78 is 4.93. The third-order valence-corrected chi connectivity index (χ3v) is 5.09. The number of carbonyl (C=O) groups is 2. The zero-order valence-corrected chi connectivity index (χ0v) is 16.1. The van der Waals surface area contributed by atoms with E-state index < -0.39 is 0 Å². The van der Waals surface area contributed by atoms with Crippen LogP contribution in [0.2, 0.25) is 0 Å². The van der Waals surface area contributed by atoms with Crippen LogP contribution >= 0.6 is 0 Å². The molecule has 0 spiro atoms. The zero-order valence-electron chi connectivity index (χ0n) is 16.1. The van der Waals surface area contributed by atoms with Crippen molar-refractivity contribution in [2.24, 2.45) is 0 Å². The number of ether oxygens (including phenoxy) is 1. The van der Waals surface area contributed by atoms with Gasteiger partial charge in [0.05, 0.1) is 18.4 Å². The monoisotopic (exact) mass is 381 g/mol. The third-order valence-electron chi connectivity index (χ3n) is 5.09. The van der Waals surface area contributed by atoms with Crippen molar-refractivity contribution in [3.63, 3.8) is 0 Å². The Bertz CT molecular complexity index is 891. The molecule has 8 nitrogen and oxygen atoms in total. The molecule has 28 heavy (non-hydrogen) atoms. The van der Waals surface area contributed by atoms with E-state index in [1.807, 2.05) is 18.0 Å². The zero-order chi connectivity index (χ0) is 19.7. The molecule has 2 fully saturated rings. The number of rotatable bonds is 3. The van der Waals surface area contributed by atoms with Crippen LogP contribution in [0, 0.1) is 13.8 Å². The first-order valence-corrected chi connectivity index (χ1v) is 9.41. The first-order chi connectivity index (χ1) is 13.5. The summed E-state index contributed by atoms with van der Waals surface area (Å²) in [7, 11) is 0. The minimum Gasteiger partial charge on any atom is -0.447 e. The second-order valence-electron chi connectivity index (χ2n) is 7.10. The largest absolute Gasteiger partial charge is 0.447 e. The quantitative estimate of drug-likeness (QED) is 0.809. The van der Waals surface area contributed by atoms with Gasteiger partial charge in [-0.25, -0.2) is 14.8 Å². The molecule has 4 rings (SSSR count). The molecule has 2 amide bonds. The average molecular weight is 381 g/mol. The summed E-state index contributed by atoms with van der Waals surface area (Å²) in [6.07, 6.45) is 3.05. The van der Waals surface area contributed by atoms with E-state index in [9.17, 15) is 9.59 Å². The van der Waals surface area contributed by atoms with Crippen LogP contribution in [0.25, 0.3) is 0 Å². The van der Waals surface area contributed by atoms with Crippen molar-refractivity contribution < 1.29 is 14.3 Å². The first kappa shape index (κ1) is 18.2. The van der Waals surface area contributed by atoms with Gasteiger partial charge in [0, 0.05) is 32.4 Å². The van der Waals surface area contributed by atoms with Crippen molar-refractivity contribution in [2.75, 3.05) is 49.1 Å². The molecule has 2 aromatic rings. The van der Waals surface area contributed by atoms with Crippen LogP contribution in [-0.2, 0) is 4.74 Å². The summed E-state index contributed by atoms with van der Waals surface area (Å²) in [5, 5.41) is 0. The lowest BCUT2D eigenvalue weighted by Gasteiger charge is -2.36. The highest BCUT2D eigenvalue weighted by Gasteiger charge is 2.26. The van der Waals surface area contributed by atoms with Gasteiger partial charge >= 0.3 is 6.09 Å². The highest BCUT2D eigenvalue weighted by molar-refractivity contribution is 5.94. The maximum absolute atomic E-state index is 12.8. The fraction of sp³-hybridized carbons (Fsp3) is 0.400. The lowest BCUT2D eigenvalue weighted by Crippen LogP contribution is -2.49. The minimum absolute atomic E-state index is 0.0937. The summed E-state index contributed by atoms with van der Waals surface area (Å²) in [5.74, 6) is 0.890. The molecular weight excluding hydrogens is 358 g/mol. The maximum Gasteiger partial charge on any atom is 0.414 e. The summed E-state index contributed by atoms with van der Waals surface area (Å²) in [6, 6.07) is 5.53. The minimum atomic E-state index is -0.378. The highest BCUT2D eigenvalue weighted by atomic mass is 16.6. The number of anilines is 2. The number of hydrogen-bond acceptors (Lipinski definition) is 6. The molecule has 146 valence electrons. The van der Waals surface area contributed by atoms with Crippen molar-refractivity contribution in [3.8, 4) is 0 Å². The maximum atomic E-state index is 12.8. The lowest BCUT2D eigenvalue weighted by atomic mass is 10.2. The van der Waals surface area contributed by atoms with Gasteiger partial charge in [0.25, 0.3) is 5.91 Å². The number of cyclic esters (lactones) is 1. The normalized spacial score (nSPS) is 17.1. The fourth-order valence-corrected chi connectivity index (χ4v) is 3.62. The molecule has 2 aliphatic heterocycles. The molecule has 0 radical (unpaired) electrons. The molecule has 0 aliphatic carbocycles. The Morgan fingerprint density at radius 1 is 1.04 bits per heavy atom. The Kier molecular flexibility index (Phi) is 4.85. The van der Waals surface area contributed by atoms with Gasteiger partial charge in [0.2, 0.25) is 0 Å². The van der Waals surface area contributed by atoms with E-state index >= 15 is 0 Å². The van der Waals surface area contributed by atoms with Crippen LogP contribution in [0.3, 0.4) is 0 Å². The Labute approximate surface area is 163 Å². The van der Waals surface area contributed by atoms with E-state index in [0.717, 1.165) is 30.0 Å². The van der Waals surface area contributed by atoms with E-state index in [1.165, 1.54) is 4.90 Å². The highest BCUT2D eigenvalue weighted by Crippen LogP contribution is 2.21. The molecule has 2 aliphatic rings. The number of aromatic nitrogens is 2. The van der Waals surface area contributed by atoms with Gasteiger partial charge in [-0.2, -0.15) is 0 Å². The molecule has 4 heterocycles. The average Bonchev–Trinajstić information content (AvgIpc) is 3.14. The van der Waals surface area contributed by atoms with E-state index in [1.54, 1.807) is 18.3 Å². The van der Waals surface area contributed by atoms with E-state index in [0.29, 0.717) is 37.6 Å². The second-order valence-corrected chi connectivity index (χ2v) is 7.10. The number of nitrogens with zero attached hydrogens (tertiary/aromatic N) is 5. The van der Waals surface area contributed by atoms with Crippen molar-refractivity contribution in [2.45, 2.75) is 13.8 Å². The molecule has 0 saturated carbocycles. The number of piperazine rings is 1.